The Morgan fingerprint density at radius 1 is 0.933 bits per heavy atom. The molecule has 9 heteroatoms. The number of benzene rings is 3. The average Bonchev–Trinajstić information content (AvgIpc) is 3.18. The van der Waals surface area contributed by atoms with Crippen molar-refractivity contribution in [2.24, 2.45) is 0 Å². The van der Waals surface area contributed by atoms with Gasteiger partial charge >= 0.3 is 0 Å². The zero-order valence-electron chi connectivity index (χ0n) is 15.8. The summed E-state index contributed by atoms with van der Waals surface area (Å²) in [6, 6.07) is 14.5. The third-order valence-corrected chi connectivity index (χ3v) is 5.85. The summed E-state index contributed by atoms with van der Waals surface area (Å²) < 4.78 is 51.3. The van der Waals surface area contributed by atoms with Gasteiger partial charge in [0.1, 0.15) is 5.82 Å². The Kier molecular flexibility index (Phi) is 5.04. The fraction of sp³-hybridized carbons (Fsp3) is 0.0952. The molecule has 0 aromatic heterocycles. The second-order valence-corrected chi connectivity index (χ2v) is 8.30. The minimum absolute atomic E-state index is 0.0500. The summed E-state index contributed by atoms with van der Waals surface area (Å²) in [5.41, 5.74) is 1.39. The summed E-state index contributed by atoms with van der Waals surface area (Å²) in [6.07, 6.45) is 0. The van der Waals surface area contributed by atoms with Crippen LogP contribution in [0, 0.1) is 12.7 Å². The molecule has 30 heavy (non-hydrogen) atoms. The number of rotatable bonds is 5. The van der Waals surface area contributed by atoms with Gasteiger partial charge in [-0.3, -0.25) is 9.52 Å². The van der Waals surface area contributed by atoms with Crippen LogP contribution in [0.2, 0.25) is 0 Å². The number of nitrogens with one attached hydrogen (secondary N) is 2. The van der Waals surface area contributed by atoms with E-state index in [1.807, 2.05) is 0 Å². The Morgan fingerprint density at radius 2 is 1.63 bits per heavy atom. The number of ether oxygens (including phenoxy) is 2. The zero-order valence-corrected chi connectivity index (χ0v) is 16.6. The first-order valence-corrected chi connectivity index (χ1v) is 10.4. The number of sulfonamides is 1. The third kappa shape index (κ3) is 4.06. The molecule has 0 radical (unpaired) electrons. The highest BCUT2D eigenvalue weighted by molar-refractivity contribution is 7.92. The predicted molar refractivity (Wildman–Crippen MR) is 109 cm³/mol. The molecule has 1 aliphatic heterocycles. The number of amides is 1. The lowest BCUT2D eigenvalue weighted by atomic mass is 10.2. The van der Waals surface area contributed by atoms with E-state index in [0.29, 0.717) is 22.7 Å². The van der Waals surface area contributed by atoms with E-state index in [1.54, 1.807) is 18.2 Å². The molecule has 3 aromatic rings. The van der Waals surface area contributed by atoms with Crippen molar-refractivity contribution < 1.29 is 27.1 Å². The number of hydrogen-bond acceptors (Lipinski definition) is 5. The van der Waals surface area contributed by atoms with Crippen LogP contribution in [0.5, 0.6) is 11.5 Å². The molecule has 0 saturated carbocycles. The number of carbonyl (C=O) groups excluding carboxylic acids is 1. The monoisotopic (exact) mass is 428 g/mol. The number of fused-ring (bicyclic) bond motifs is 1. The molecule has 1 amide bonds. The van der Waals surface area contributed by atoms with E-state index in [9.17, 15) is 17.6 Å². The maximum atomic E-state index is 13.4. The fourth-order valence-corrected chi connectivity index (χ4v) is 4.01. The molecule has 0 atom stereocenters. The standard InChI is InChI=1S/C21H17FN2O5S/c1-13-10-17(7-8-18(13)22)30(26,27)24-15-4-2-14(3-5-15)21(25)23-16-6-9-19-20(11-16)29-12-28-19/h2-11,24H,12H2,1H3,(H,23,25). The smallest absolute Gasteiger partial charge is 0.261 e. The van der Waals surface area contributed by atoms with E-state index in [4.69, 9.17) is 9.47 Å². The number of carbonyl (C=O) groups is 1. The summed E-state index contributed by atoms with van der Waals surface area (Å²) in [6.45, 7) is 1.63. The van der Waals surface area contributed by atoms with Crippen molar-refractivity contribution in [2.45, 2.75) is 11.8 Å². The van der Waals surface area contributed by atoms with E-state index in [1.165, 1.54) is 43.3 Å². The number of anilines is 2. The summed E-state index contributed by atoms with van der Waals surface area (Å²) in [5.74, 6) is 0.318. The average molecular weight is 428 g/mol. The lowest BCUT2D eigenvalue weighted by Gasteiger charge is -2.10. The topological polar surface area (TPSA) is 93.7 Å². The third-order valence-electron chi connectivity index (χ3n) is 4.47. The normalized spacial score (nSPS) is 12.5. The van der Waals surface area contributed by atoms with Gasteiger partial charge < -0.3 is 14.8 Å². The maximum absolute atomic E-state index is 13.4. The van der Waals surface area contributed by atoms with Gasteiger partial charge in [-0.15, -0.1) is 0 Å². The quantitative estimate of drug-likeness (QED) is 0.643. The van der Waals surface area contributed by atoms with Crippen molar-refractivity contribution >= 4 is 27.3 Å². The summed E-state index contributed by atoms with van der Waals surface area (Å²) in [4.78, 5) is 12.4. The van der Waals surface area contributed by atoms with E-state index >= 15 is 0 Å². The van der Waals surface area contributed by atoms with Gasteiger partial charge in [-0.25, -0.2) is 12.8 Å². The Hall–Kier alpha value is -3.59. The second kappa shape index (κ2) is 7.68. The molecule has 1 aliphatic rings. The second-order valence-electron chi connectivity index (χ2n) is 6.62. The number of aryl methyl sites for hydroxylation is 1. The molecule has 3 aromatic carbocycles. The number of halogens is 1. The Balaban J connectivity index is 1.45. The molecule has 0 bridgehead atoms. The van der Waals surface area contributed by atoms with Crippen LogP contribution in [0.25, 0.3) is 0 Å². The minimum atomic E-state index is -3.88. The van der Waals surface area contributed by atoms with E-state index in [0.717, 1.165) is 6.07 Å². The molecule has 4 rings (SSSR count). The lowest BCUT2D eigenvalue weighted by molar-refractivity contribution is 0.102. The first kappa shape index (κ1) is 19.7. The summed E-state index contributed by atoms with van der Waals surface area (Å²) >= 11 is 0. The molecule has 2 N–H and O–H groups in total. The van der Waals surface area contributed by atoms with Crippen LogP contribution in [0.3, 0.4) is 0 Å². The highest BCUT2D eigenvalue weighted by Gasteiger charge is 2.17. The first-order valence-electron chi connectivity index (χ1n) is 8.92. The highest BCUT2D eigenvalue weighted by atomic mass is 32.2. The van der Waals surface area contributed by atoms with E-state index in [-0.39, 0.29) is 28.8 Å². The van der Waals surface area contributed by atoms with Crippen molar-refractivity contribution in [3.63, 3.8) is 0 Å². The van der Waals surface area contributed by atoms with Gasteiger partial charge in [0.15, 0.2) is 11.5 Å². The largest absolute Gasteiger partial charge is 0.454 e. The van der Waals surface area contributed by atoms with Gasteiger partial charge in [0.05, 0.1) is 4.90 Å². The van der Waals surface area contributed by atoms with Gasteiger partial charge in [-0.1, -0.05) is 0 Å². The van der Waals surface area contributed by atoms with Crippen LogP contribution in [-0.2, 0) is 10.0 Å². The highest BCUT2D eigenvalue weighted by Crippen LogP contribution is 2.34. The lowest BCUT2D eigenvalue weighted by Crippen LogP contribution is -2.14. The fourth-order valence-electron chi connectivity index (χ4n) is 2.87. The molecule has 154 valence electrons. The van der Waals surface area contributed by atoms with Crippen molar-refractivity contribution in [1.82, 2.24) is 0 Å². The van der Waals surface area contributed by atoms with Crippen molar-refractivity contribution in [2.75, 3.05) is 16.8 Å². The Bertz CT molecular complexity index is 1230. The molecule has 0 unspecified atom stereocenters. The van der Waals surface area contributed by atoms with Crippen LogP contribution >= 0.6 is 0 Å². The summed E-state index contributed by atoms with van der Waals surface area (Å²) in [7, 11) is -3.88. The van der Waals surface area contributed by atoms with Crippen LogP contribution in [0.15, 0.2) is 65.6 Å². The first-order chi connectivity index (χ1) is 14.3. The molecule has 7 nitrogen and oxygen atoms in total. The maximum Gasteiger partial charge on any atom is 0.261 e. The predicted octanol–water partition coefficient (Wildman–Crippen LogP) is 3.92. The van der Waals surface area contributed by atoms with E-state index in [2.05, 4.69) is 10.0 Å². The van der Waals surface area contributed by atoms with E-state index < -0.39 is 15.8 Å². The van der Waals surface area contributed by atoms with Crippen LogP contribution < -0.4 is 19.5 Å². The van der Waals surface area contributed by atoms with Crippen LogP contribution in [0.1, 0.15) is 15.9 Å². The van der Waals surface area contributed by atoms with Crippen LogP contribution in [-0.4, -0.2) is 21.1 Å². The Morgan fingerprint density at radius 3 is 2.37 bits per heavy atom. The van der Waals surface area contributed by atoms with Crippen molar-refractivity contribution in [3.8, 4) is 11.5 Å². The SMILES string of the molecule is Cc1cc(S(=O)(=O)Nc2ccc(C(=O)Nc3ccc4c(c3)OCO4)cc2)ccc1F. The van der Waals surface area contributed by atoms with Gasteiger partial charge in [-0.05, 0) is 67.1 Å². The molecule has 0 spiro atoms. The van der Waals surface area contributed by atoms with Crippen molar-refractivity contribution in [3.05, 3.63) is 77.6 Å². The minimum Gasteiger partial charge on any atom is -0.454 e. The van der Waals surface area contributed by atoms with Gasteiger partial charge in [0.2, 0.25) is 6.79 Å². The van der Waals surface area contributed by atoms with Crippen LogP contribution in [0.4, 0.5) is 15.8 Å². The zero-order chi connectivity index (χ0) is 21.3. The molecular formula is C21H17FN2O5S. The van der Waals surface area contributed by atoms with Gasteiger partial charge in [0, 0.05) is 23.0 Å². The van der Waals surface area contributed by atoms with Gasteiger partial charge in [0.25, 0.3) is 15.9 Å². The molecule has 1 heterocycles. The van der Waals surface area contributed by atoms with Gasteiger partial charge in [-0.2, -0.15) is 0 Å². The molecule has 0 fully saturated rings. The number of hydrogen-bond donors (Lipinski definition) is 2. The summed E-state index contributed by atoms with van der Waals surface area (Å²) in [5, 5.41) is 2.74. The van der Waals surface area contributed by atoms with Crippen molar-refractivity contribution in [1.29, 1.82) is 0 Å². The Labute approximate surface area is 172 Å². The molecule has 0 saturated heterocycles. The molecule has 0 aliphatic carbocycles. The molecular weight excluding hydrogens is 411 g/mol.